The number of aryl methyl sites for hydroxylation is 4. The molecule has 5 aromatic carbocycles. The minimum absolute atomic E-state index is 0.00232. The molecule has 502 valence electrons. The quantitative estimate of drug-likeness (QED) is 0.0946. The molecule has 12 rings (SSSR count). The molecule has 13 heteroatoms. The van der Waals surface area contributed by atoms with Crippen LogP contribution in [0.15, 0.2) is 220 Å². The number of benzene rings is 5. The van der Waals surface area contributed by atoms with Crippen molar-refractivity contribution in [2.24, 2.45) is 0 Å². The van der Waals surface area contributed by atoms with E-state index in [1.54, 1.807) is 69.4 Å². The summed E-state index contributed by atoms with van der Waals surface area (Å²) in [6, 6.07) is 57.6. The van der Waals surface area contributed by atoms with Gasteiger partial charge in [0, 0.05) is 69.4 Å². The van der Waals surface area contributed by atoms with E-state index >= 15 is 0 Å². The lowest BCUT2D eigenvalue weighted by molar-refractivity contribution is 0.407. The molecule has 96 heavy (non-hydrogen) atoms. The maximum atomic E-state index is 11.7. The van der Waals surface area contributed by atoms with Crippen molar-refractivity contribution in [1.82, 2.24) is 38.7 Å². The molecule has 0 saturated heterocycles. The number of ether oxygens (including phenoxy) is 1. The summed E-state index contributed by atoms with van der Waals surface area (Å²) >= 11 is 3.45. The van der Waals surface area contributed by atoms with Gasteiger partial charge in [-0.15, -0.1) is 11.3 Å². The molecule has 0 N–H and O–H groups in total. The molecule has 0 unspecified atom stereocenters. The van der Waals surface area contributed by atoms with Gasteiger partial charge in [0.25, 0.3) is 11.1 Å². The van der Waals surface area contributed by atoms with E-state index in [1.165, 1.54) is 66.8 Å². The summed E-state index contributed by atoms with van der Waals surface area (Å²) in [6.45, 7) is 37.4. The van der Waals surface area contributed by atoms with Crippen molar-refractivity contribution in [1.29, 1.82) is 0 Å². The Morgan fingerprint density at radius 2 is 1.00 bits per heavy atom. The van der Waals surface area contributed by atoms with Crippen molar-refractivity contribution in [3.05, 3.63) is 310 Å². The minimum Gasteiger partial charge on any atom is -0.496 e. The first-order chi connectivity index (χ1) is 45.9. The molecule has 0 radical (unpaired) electrons. The maximum absolute atomic E-state index is 11.7. The van der Waals surface area contributed by atoms with Crippen LogP contribution in [0.5, 0.6) is 5.75 Å². The van der Waals surface area contributed by atoms with Gasteiger partial charge in [0.2, 0.25) is 0 Å². The van der Waals surface area contributed by atoms with E-state index in [2.05, 4.69) is 265 Å². The van der Waals surface area contributed by atoms with Gasteiger partial charge in [-0.2, -0.15) is 21.5 Å². The second-order valence-corrected chi connectivity index (χ2v) is 28.0. The number of methoxy groups -OCH3 is 1. The van der Waals surface area contributed by atoms with Crippen LogP contribution < -0.4 is 15.9 Å². The number of nitrogens with zero attached hydrogens (tertiary/aromatic N) is 8. The maximum Gasteiger partial charge on any atom is 0.250 e. The summed E-state index contributed by atoms with van der Waals surface area (Å²) in [6.07, 6.45) is 7.57. The molecule has 0 saturated carbocycles. The zero-order valence-electron chi connectivity index (χ0n) is 59.6. The van der Waals surface area contributed by atoms with Crippen molar-refractivity contribution in [3.63, 3.8) is 0 Å². The van der Waals surface area contributed by atoms with E-state index in [4.69, 9.17) is 4.74 Å². The summed E-state index contributed by atoms with van der Waals surface area (Å²) in [5, 5.41) is 17.5. The third-order valence-corrected chi connectivity index (χ3v) is 17.9. The lowest BCUT2D eigenvalue weighted by Gasteiger charge is -2.13. The molecule has 12 aromatic rings. The monoisotopic (exact) mass is 1320 g/mol. The number of thiophene rings is 1. The summed E-state index contributed by atoms with van der Waals surface area (Å²) in [5.41, 5.74) is 19.7. The van der Waals surface area contributed by atoms with Gasteiger partial charge in [-0.1, -0.05) is 192 Å². The molecule has 0 spiro atoms. The predicted octanol–water partition coefficient (Wildman–Crippen LogP) is 20.7. The fourth-order valence-corrected chi connectivity index (χ4v) is 12.0. The van der Waals surface area contributed by atoms with E-state index in [0.717, 1.165) is 51.9 Å². The molecular formula is C83H100N8O3S2. The van der Waals surface area contributed by atoms with Crippen LogP contribution in [-0.4, -0.2) is 45.8 Å². The van der Waals surface area contributed by atoms with Crippen molar-refractivity contribution in [3.8, 4) is 16.3 Å². The first-order valence-electron chi connectivity index (χ1n) is 33.5. The Labute approximate surface area is 579 Å². The molecule has 7 aromatic heterocycles. The first-order valence-corrected chi connectivity index (χ1v) is 35.3. The Morgan fingerprint density at radius 3 is 1.47 bits per heavy atom. The summed E-state index contributed by atoms with van der Waals surface area (Å²) in [5.74, 6) is 4.15. The zero-order valence-corrected chi connectivity index (χ0v) is 61.3. The van der Waals surface area contributed by atoms with Crippen LogP contribution in [0, 0.1) is 27.7 Å². The third-order valence-electron chi connectivity index (χ3n) is 16.4. The highest BCUT2D eigenvalue weighted by Gasteiger charge is 2.11. The molecule has 0 aliphatic rings. The molecule has 0 amide bonds. The molecule has 0 atom stereocenters. The molecule has 7 heterocycles. The second-order valence-electron chi connectivity index (χ2n) is 26.4. The third kappa shape index (κ3) is 23.1. The number of rotatable bonds is 16. The van der Waals surface area contributed by atoms with Crippen LogP contribution in [0.4, 0.5) is 0 Å². The Morgan fingerprint density at radius 1 is 0.479 bits per heavy atom. The van der Waals surface area contributed by atoms with E-state index in [1.807, 2.05) is 55.2 Å². The Balaban J connectivity index is 0.000000163. The van der Waals surface area contributed by atoms with Crippen LogP contribution in [-0.2, 0) is 26.2 Å². The second kappa shape index (κ2) is 36.7. The zero-order chi connectivity index (χ0) is 69.4. The largest absolute Gasteiger partial charge is 0.496 e. The highest BCUT2D eigenvalue weighted by molar-refractivity contribution is 7.14. The Kier molecular flexibility index (Phi) is 28.5. The molecule has 0 aliphatic carbocycles. The summed E-state index contributed by atoms with van der Waals surface area (Å²) < 4.78 is 12.8. The van der Waals surface area contributed by atoms with E-state index in [9.17, 15) is 9.59 Å². The minimum atomic E-state index is -0.00232. The van der Waals surface area contributed by atoms with Gasteiger partial charge in [0.15, 0.2) is 0 Å². The molecule has 11 nitrogen and oxygen atoms in total. The predicted molar refractivity (Wildman–Crippen MR) is 405 cm³/mol. The SMILES string of the molecule is CC(C)c1ccc(Cn2ccccc2=O)cc1.CC(C)c1csc(-c2ccsc2)n1.COc1cc(C(C)C)ccc1Cn1ccccc1=O.Cc1cc(C)n(Cc2ccc(C(C)C)cc2)n1.Cc1ccc2cc(C(C)C)ccc2n1.Cc1cnn(Cc2ccc(C(C)C)cc2)c1. The van der Waals surface area contributed by atoms with E-state index < -0.39 is 0 Å². The number of hydrogen-bond acceptors (Lipinski definition) is 9. The highest BCUT2D eigenvalue weighted by Crippen LogP contribution is 2.29. The van der Waals surface area contributed by atoms with Gasteiger partial charge < -0.3 is 13.9 Å². The molecular weight excluding hydrogens is 1220 g/mol. The number of aromatic nitrogens is 8. The first kappa shape index (κ1) is 74.4. The smallest absolute Gasteiger partial charge is 0.250 e. The lowest BCUT2D eigenvalue weighted by Crippen LogP contribution is -2.18. The molecule has 0 fully saturated rings. The highest BCUT2D eigenvalue weighted by atomic mass is 32.1. The number of hydrogen-bond donors (Lipinski definition) is 0. The van der Waals surface area contributed by atoms with Crippen LogP contribution >= 0.6 is 22.7 Å². The number of thiazole rings is 1. The van der Waals surface area contributed by atoms with Gasteiger partial charge in [0.05, 0.1) is 56.4 Å². The number of fused-ring (bicyclic) bond motifs is 1. The fraction of sp³-hybridized carbons (Fsp3) is 0.325. The van der Waals surface area contributed by atoms with Crippen molar-refractivity contribution in [2.45, 2.75) is 172 Å². The van der Waals surface area contributed by atoms with Crippen LogP contribution in [0.25, 0.3) is 21.5 Å². The van der Waals surface area contributed by atoms with Gasteiger partial charge in [-0.05, 0) is 167 Å². The van der Waals surface area contributed by atoms with Gasteiger partial charge >= 0.3 is 0 Å². The normalized spacial score (nSPS) is 10.9. The summed E-state index contributed by atoms with van der Waals surface area (Å²) in [7, 11) is 1.66. The number of pyridine rings is 3. The van der Waals surface area contributed by atoms with E-state index in [0.29, 0.717) is 48.6 Å². The lowest BCUT2D eigenvalue weighted by atomic mass is 10.0. The van der Waals surface area contributed by atoms with Gasteiger partial charge in [-0.25, -0.2) is 4.98 Å². The average Bonchev–Trinajstić information content (AvgIpc) is 1.20. The van der Waals surface area contributed by atoms with Gasteiger partial charge in [0.1, 0.15) is 10.8 Å². The van der Waals surface area contributed by atoms with Crippen LogP contribution in [0.3, 0.4) is 0 Å². The van der Waals surface area contributed by atoms with Crippen molar-refractivity contribution >= 4 is 33.6 Å². The average molecular weight is 1320 g/mol. The molecule has 0 aliphatic heterocycles. The topological polar surface area (TPSA) is 115 Å². The van der Waals surface area contributed by atoms with Crippen molar-refractivity contribution < 1.29 is 4.74 Å². The van der Waals surface area contributed by atoms with Gasteiger partial charge in [-0.3, -0.25) is 23.9 Å². The Hall–Kier alpha value is -9.04. The Bertz CT molecular complexity index is 4390. The summed E-state index contributed by atoms with van der Waals surface area (Å²) in [4.78, 5) is 32.3. The van der Waals surface area contributed by atoms with Crippen LogP contribution in [0.1, 0.15) is 197 Å². The van der Waals surface area contributed by atoms with Crippen LogP contribution in [0.2, 0.25) is 0 Å². The van der Waals surface area contributed by atoms with E-state index in [-0.39, 0.29) is 11.1 Å². The standard InChI is InChI=1S/C16H19NO2.C15H20N2.C15H17NO.C14H18N2.C13H15N.C10H11NS2/c1-12(2)13-7-8-14(15(10-13)19-3)11-17-9-5-4-6-16(17)18;1-11(2)15-7-5-14(6-8-15)10-17-13(4)9-12(3)16-17;1-12(2)14-8-6-13(7-9-14)11-16-10-4-3-5-15(16)17;1-11(2)14-6-4-13(5-7-14)10-16-9-12(3)8-15-16;1-9(2)11-6-7-13-12(8-11)5-4-10(3)14-13;1-7(2)9-6-13-10(11-9)8-3-4-12-5-8/h4-10,12H,11H2,1-3H3;5-9,11H,10H2,1-4H3;3-10,12H,11H2,1-2H3;4-9,11H,10H2,1-3H3;4-9H,1-3H3;3-7H,1-2H3. The van der Waals surface area contributed by atoms with Crippen molar-refractivity contribution in [2.75, 3.05) is 7.11 Å². The fourth-order valence-electron chi connectivity index (χ4n) is 10.3. The molecule has 0 bridgehead atoms.